The first kappa shape index (κ1) is 19.4. The van der Waals surface area contributed by atoms with Crippen LogP contribution in [-0.4, -0.2) is 36.0 Å². The number of ether oxygens (including phenoxy) is 2. The van der Waals surface area contributed by atoms with E-state index in [1.807, 2.05) is 12.1 Å². The van der Waals surface area contributed by atoms with Gasteiger partial charge in [0.2, 0.25) is 0 Å². The Morgan fingerprint density at radius 3 is 1.76 bits per heavy atom. The number of benzene rings is 3. The van der Waals surface area contributed by atoms with E-state index in [2.05, 4.69) is 53.1 Å². The molecule has 1 aromatic heterocycles. The van der Waals surface area contributed by atoms with Gasteiger partial charge in [-0.25, -0.2) is 0 Å². The highest BCUT2D eigenvalue weighted by atomic mass is 16.5. The number of methoxy groups -OCH3 is 2. The van der Waals surface area contributed by atoms with Crippen LogP contribution >= 0.6 is 0 Å². The third-order valence-corrected chi connectivity index (χ3v) is 5.33. The molecule has 5 nitrogen and oxygen atoms in total. The van der Waals surface area contributed by atoms with Crippen molar-refractivity contribution < 1.29 is 19.5 Å². The van der Waals surface area contributed by atoms with Gasteiger partial charge in [-0.2, -0.15) is 0 Å². The molecule has 6 heteroatoms. The standard InChI is InChI=1S/C23H24BNO4/c1-28-18-7-9-22-20(13-18)21-14-19(29-2)8-10-23(21)25(22)15-17-5-3-16(4-6-17)11-12-24(26)27/h3-10,13-14,26-27H,11-12,15H2,1-2H3. The van der Waals surface area contributed by atoms with Crippen molar-refractivity contribution in [2.75, 3.05) is 14.2 Å². The molecule has 3 aromatic carbocycles. The number of aryl methyl sites for hydroxylation is 1. The van der Waals surface area contributed by atoms with E-state index in [4.69, 9.17) is 19.5 Å². The maximum absolute atomic E-state index is 9.05. The summed E-state index contributed by atoms with van der Waals surface area (Å²) in [5, 5.41) is 20.4. The molecule has 0 unspecified atom stereocenters. The Kier molecular flexibility index (Phi) is 5.47. The lowest BCUT2D eigenvalue weighted by Crippen LogP contribution is -2.11. The van der Waals surface area contributed by atoms with Crippen LogP contribution < -0.4 is 9.47 Å². The normalized spacial score (nSPS) is 11.2. The number of aromatic nitrogens is 1. The van der Waals surface area contributed by atoms with Crippen molar-refractivity contribution in [3.63, 3.8) is 0 Å². The molecule has 2 N–H and O–H groups in total. The van der Waals surface area contributed by atoms with Crippen molar-refractivity contribution in [3.8, 4) is 11.5 Å². The Morgan fingerprint density at radius 2 is 1.28 bits per heavy atom. The van der Waals surface area contributed by atoms with Gasteiger partial charge in [-0.1, -0.05) is 24.3 Å². The summed E-state index contributed by atoms with van der Waals surface area (Å²) in [6.07, 6.45) is 0.989. The van der Waals surface area contributed by atoms with E-state index in [0.29, 0.717) is 12.7 Å². The first-order valence-corrected chi connectivity index (χ1v) is 9.67. The Hall–Kier alpha value is -2.96. The van der Waals surface area contributed by atoms with Gasteiger partial charge in [0, 0.05) is 28.4 Å². The maximum atomic E-state index is 9.05. The van der Waals surface area contributed by atoms with Gasteiger partial charge in [0.05, 0.1) is 14.2 Å². The number of hydrogen-bond donors (Lipinski definition) is 2. The Labute approximate surface area is 170 Å². The molecular weight excluding hydrogens is 365 g/mol. The van der Waals surface area contributed by atoms with Gasteiger partial charge in [-0.05, 0) is 60.3 Å². The number of hydrogen-bond acceptors (Lipinski definition) is 4. The van der Waals surface area contributed by atoms with E-state index in [-0.39, 0.29) is 0 Å². The predicted molar refractivity (Wildman–Crippen MR) is 117 cm³/mol. The van der Waals surface area contributed by atoms with Crippen molar-refractivity contribution in [1.82, 2.24) is 4.57 Å². The van der Waals surface area contributed by atoms with E-state index in [9.17, 15) is 0 Å². The maximum Gasteiger partial charge on any atom is 0.451 e. The fraction of sp³-hybridized carbons (Fsp3) is 0.217. The van der Waals surface area contributed by atoms with Gasteiger partial charge < -0.3 is 24.1 Å². The van der Waals surface area contributed by atoms with Gasteiger partial charge in [0.25, 0.3) is 0 Å². The quantitative estimate of drug-likeness (QED) is 0.471. The molecule has 0 bridgehead atoms. The van der Waals surface area contributed by atoms with Crippen molar-refractivity contribution >= 4 is 28.9 Å². The van der Waals surface area contributed by atoms with Crippen LogP contribution in [0.15, 0.2) is 60.7 Å². The van der Waals surface area contributed by atoms with E-state index in [1.54, 1.807) is 14.2 Å². The second-order valence-electron chi connectivity index (χ2n) is 7.19. The number of nitrogens with zero attached hydrogens (tertiary/aromatic N) is 1. The monoisotopic (exact) mass is 389 g/mol. The van der Waals surface area contributed by atoms with Crippen LogP contribution in [0, 0.1) is 0 Å². The molecule has 4 rings (SSSR count). The minimum Gasteiger partial charge on any atom is -0.497 e. The van der Waals surface area contributed by atoms with E-state index >= 15 is 0 Å². The average molecular weight is 389 g/mol. The number of fused-ring (bicyclic) bond motifs is 3. The van der Waals surface area contributed by atoms with Crippen LogP contribution in [0.4, 0.5) is 0 Å². The van der Waals surface area contributed by atoms with Crippen molar-refractivity contribution in [3.05, 3.63) is 71.8 Å². The first-order chi connectivity index (χ1) is 14.1. The molecule has 0 amide bonds. The smallest absolute Gasteiger partial charge is 0.451 e. The third-order valence-electron chi connectivity index (χ3n) is 5.33. The fourth-order valence-corrected chi connectivity index (χ4v) is 3.78. The molecule has 0 aliphatic carbocycles. The largest absolute Gasteiger partial charge is 0.497 e. The lowest BCUT2D eigenvalue weighted by atomic mass is 9.83. The average Bonchev–Trinajstić information content (AvgIpc) is 3.05. The van der Waals surface area contributed by atoms with Gasteiger partial charge in [0.15, 0.2) is 0 Å². The fourth-order valence-electron chi connectivity index (χ4n) is 3.78. The zero-order valence-electron chi connectivity index (χ0n) is 16.6. The lowest BCUT2D eigenvalue weighted by molar-refractivity contribution is 0.405. The molecule has 0 spiro atoms. The summed E-state index contributed by atoms with van der Waals surface area (Å²) in [5.74, 6) is 1.66. The zero-order chi connectivity index (χ0) is 20.4. The van der Waals surface area contributed by atoms with E-state index in [1.165, 1.54) is 5.56 Å². The Bertz CT molecular complexity index is 1070. The molecule has 0 saturated carbocycles. The Morgan fingerprint density at radius 1 is 0.759 bits per heavy atom. The Balaban J connectivity index is 1.74. The van der Waals surface area contributed by atoms with Crippen molar-refractivity contribution in [1.29, 1.82) is 0 Å². The van der Waals surface area contributed by atoms with Crippen molar-refractivity contribution in [2.24, 2.45) is 0 Å². The minimum atomic E-state index is -1.26. The predicted octanol–water partition coefficient (Wildman–Crippen LogP) is 3.88. The van der Waals surface area contributed by atoms with Gasteiger partial charge in [0.1, 0.15) is 11.5 Å². The summed E-state index contributed by atoms with van der Waals surface area (Å²) in [6.45, 7) is 0.738. The van der Waals surface area contributed by atoms with Crippen LogP contribution in [0.2, 0.25) is 6.32 Å². The SMILES string of the molecule is COc1ccc2c(c1)c1cc(OC)ccc1n2Cc1ccc(CCB(O)O)cc1. The molecule has 148 valence electrons. The lowest BCUT2D eigenvalue weighted by Gasteiger charge is -2.10. The summed E-state index contributed by atoms with van der Waals surface area (Å²) in [7, 11) is 2.09. The first-order valence-electron chi connectivity index (χ1n) is 9.67. The van der Waals surface area contributed by atoms with Gasteiger partial charge in [-0.3, -0.25) is 0 Å². The molecular formula is C23H24BNO4. The zero-order valence-corrected chi connectivity index (χ0v) is 16.6. The van der Waals surface area contributed by atoms with Crippen LogP contribution in [-0.2, 0) is 13.0 Å². The van der Waals surface area contributed by atoms with Crippen LogP contribution in [0.3, 0.4) is 0 Å². The molecule has 0 aliphatic heterocycles. The number of rotatable bonds is 7. The molecule has 29 heavy (non-hydrogen) atoms. The molecule has 4 aromatic rings. The highest BCUT2D eigenvalue weighted by Crippen LogP contribution is 2.34. The second-order valence-corrected chi connectivity index (χ2v) is 7.19. The summed E-state index contributed by atoms with van der Waals surface area (Å²) in [4.78, 5) is 0. The van der Waals surface area contributed by atoms with E-state index < -0.39 is 7.12 Å². The summed E-state index contributed by atoms with van der Waals surface area (Å²) < 4.78 is 13.2. The van der Waals surface area contributed by atoms with E-state index in [0.717, 1.165) is 45.4 Å². The summed E-state index contributed by atoms with van der Waals surface area (Å²) in [5.41, 5.74) is 4.56. The highest BCUT2D eigenvalue weighted by Gasteiger charge is 2.13. The van der Waals surface area contributed by atoms with Gasteiger partial charge >= 0.3 is 7.12 Å². The summed E-state index contributed by atoms with van der Waals surface area (Å²) in [6, 6.07) is 20.6. The molecule has 0 atom stereocenters. The minimum absolute atomic E-state index is 0.343. The molecule has 1 heterocycles. The van der Waals surface area contributed by atoms with Crippen LogP contribution in [0.1, 0.15) is 11.1 Å². The second kappa shape index (κ2) is 8.19. The van der Waals surface area contributed by atoms with Crippen molar-refractivity contribution in [2.45, 2.75) is 19.3 Å². The van der Waals surface area contributed by atoms with Crippen LogP contribution in [0.5, 0.6) is 11.5 Å². The van der Waals surface area contributed by atoms with Gasteiger partial charge in [-0.15, -0.1) is 0 Å². The summed E-state index contributed by atoms with van der Waals surface area (Å²) >= 11 is 0. The molecule has 0 fully saturated rings. The third kappa shape index (κ3) is 3.95. The molecule has 0 aliphatic rings. The molecule has 0 saturated heterocycles. The molecule has 0 radical (unpaired) electrons. The topological polar surface area (TPSA) is 63.9 Å². The highest BCUT2D eigenvalue weighted by molar-refractivity contribution is 6.41. The van der Waals surface area contributed by atoms with Crippen LogP contribution in [0.25, 0.3) is 21.8 Å².